The SMILES string of the molecule is CC(=O)Nc1cccc(C(C)NS(=O)(=O)Cc2ccccc2C)c1. The summed E-state index contributed by atoms with van der Waals surface area (Å²) in [7, 11) is -3.48. The molecule has 0 saturated heterocycles. The zero-order chi connectivity index (χ0) is 17.7. The maximum Gasteiger partial charge on any atom is 0.221 e. The molecule has 24 heavy (non-hydrogen) atoms. The molecule has 0 saturated carbocycles. The van der Waals surface area contributed by atoms with Crippen LogP contribution in [0.15, 0.2) is 48.5 Å². The molecular formula is C18H22N2O3S. The van der Waals surface area contributed by atoms with Crippen LogP contribution in [0.2, 0.25) is 0 Å². The molecule has 0 radical (unpaired) electrons. The van der Waals surface area contributed by atoms with E-state index < -0.39 is 16.1 Å². The predicted molar refractivity (Wildman–Crippen MR) is 96.1 cm³/mol. The lowest BCUT2D eigenvalue weighted by Gasteiger charge is -2.16. The molecule has 0 spiro atoms. The number of sulfonamides is 1. The van der Waals surface area contributed by atoms with E-state index in [4.69, 9.17) is 0 Å². The van der Waals surface area contributed by atoms with Gasteiger partial charge in [0, 0.05) is 18.7 Å². The first-order valence-electron chi connectivity index (χ1n) is 7.69. The van der Waals surface area contributed by atoms with Gasteiger partial charge in [0.25, 0.3) is 0 Å². The van der Waals surface area contributed by atoms with Crippen LogP contribution in [0.4, 0.5) is 5.69 Å². The van der Waals surface area contributed by atoms with Gasteiger partial charge in [-0.1, -0.05) is 36.4 Å². The molecule has 2 N–H and O–H groups in total. The second-order valence-corrected chi connectivity index (χ2v) is 7.59. The minimum atomic E-state index is -3.48. The zero-order valence-electron chi connectivity index (χ0n) is 14.0. The number of anilines is 1. The van der Waals surface area contributed by atoms with E-state index in [0.29, 0.717) is 5.69 Å². The average Bonchev–Trinajstić information content (AvgIpc) is 2.48. The number of nitrogens with one attached hydrogen (secondary N) is 2. The zero-order valence-corrected chi connectivity index (χ0v) is 14.9. The Bertz CT molecular complexity index is 832. The normalized spacial score (nSPS) is 12.6. The van der Waals surface area contributed by atoms with Crippen molar-refractivity contribution in [3.05, 3.63) is 65.2 Å². The van der Waals surface area contributed by atoms with Crippen LogP contribution in [0, 0.1) is 6.92 Å². The molecule has 0 aromatic heterocycles. The van der Waals surface area contributed by atoms with Gasteiger partial charge in [0.2, 0.25) is 15.9 Å². The Morgan fingerprint density at radius 2 is 1.83 bits per heavy atom. The summed E-state index contributed by atoms with van der Waals surface area (Å²) in [5, 5.41) is 2.69. The third kappa shape index (κ3) is 5.18. The molecule has 0 bridgehead atoms. The molecule has 1 unspecified atom stereocenters. The Labute approximate surface area is 143 Å². The van der Waals surface area contributed by atoms with Gasteiger partial charge < -0.3 is 5.32 Å². The van der Waals surface area contributed by atoms with Gasteiger partial charge in [-0.05, 0) is 42.7 Å². The van der Waals surface area contributed by atoms with Crippen molar-refractivity contribution in [2.24, 2.45) is 0 Å². The highest BCUT2D eigenvalue weighted by molar-refractivity contribution is 7.88. The van der Waals surface area contributed by atoms with Gasteiger partial charge in [-0.2, -0.15) is 0 Å². The molecule has 1 atom stereocenters. The van der Waals surface area contributed by atoms with Crippen molar-refractivity contribution in [2.45, 2.75) is 32.6 Å². The molecule has 2 aromatic carbocycles. The molecular weight excluding hydrogens is 324 g/mol. The first kappa shape index (κ1) is 18.2. The summed E-state index contributed by atoms with van der Waals surface area (Å²) >= 11 is 0. The highest BCUT2D eigenvalue weighted by Crippen LogP contribution is 2.19. The summed E-state index contributed by atoms with van der Waals surface area (Å²) in [4.78, 5) is 11.1. The number of benzene rings is 2. The molecule has 0 aliphatic carbocycles. The lowest BCUT2D eigenvalue weighted by Crippen LogP contribution is -2.28. The quantitative estimate of drug-likeness (QED) is 0.844. The van der Waals surface area contributed by atoms with Gasteiger partial charge in [0.15, 0.2) is 0 Å². The van der Waals surface area contributed by atoms with Crippen LogP contribution in [-0.2, 0) is 20.6 Å². The highest BCUT2D eigenvalue weighted by Gasteiger charge is 2.17. The molecule has 5 nitrogen and oxygen atoms in total. The minimum absolute atomic E-state index is 0.0601. The topological polar surface area (TPSA) is 75.3 Å². The standard InChI is InChI=1S/C18H22N2O3S/c1-13-7-4-5-8-17(13)12-24(22,23)20-14(2)16-9-6-10-18(11-16)19-15(3)21/h4-11,14,20H,12H2,1-3H3,(H,19,21). The van der Waals surface area contributed by atoms with Crippen molar-refractivity contribution in [3.63, 3.8) is 0 Å². The molecule has 0 aliphatic heterocycles. The third-order valence-electron chi connectivity index (χ3n) is 3.67. The van der Waals surface area contributed by atoms with Crippen molar-refractivity contribution in [1.82, 2.24) is 4.72 Å². The number of hydrogen-bond acceptors (Lipinski definition) is 3. The van der Waals surface area contributed by atoms with Gasteiger partial charge in [0.1, 0.15) is 0 Å². The van der Waals surface area contributed by atoms with Crippen molar-refractivity contribution in [3.8, 4) is 0 Å². The largest absolute Gasteiger partial charge is 0.326 e. The maximum atomic E-state index is 12.4. The van der Waals surface area contributed by atoms with Crippen LogP contribution < -0.4 is 10.0 Å². The molecule has 0 aliphatic rings. The van der Waals surface area contributed by atoms with Gasteiger partial charge in [0.05, 0.1) is 5.75 Å². The molecule has 2 aromatic rings. The Morgan fingerprint density at radius 1 is 1.12 bits per heavy atom. The van der Waals surface area contributed by atoms with Crippen molar-refractivity contribution < 1.29 is 13.2 Å². The minimum Gasteiger partial charge on any atom is -0.326 e. The number of carbonyl (C=O) groups excluding carboxylic acids is 1. The molecule has 2 rings (SSSR count). The van der Waals surface area contributed by atoms with Crippen LogP contribution in [0.5, 0.6) is 0 Å². The summed E-state index contributed by atoms with van der Waals surface area (Å²) < 4.78 is 27.5. The summed E-state index contributed by atoms with van der Waals surface area (Å²) in [6, 6.07) is 14.2. The fourth-order valence-corrected chi connectivity index (χ4v) is 3.94. The first-order chi connectivity index (χ1) is 11.3. The average molecular weight is 346 g/mol. The van der Waals surface area contributed by atoms with Crippen LogP contribution >= 0.6 is 0 Å². The number of hydrogen-bond donors (Lipinski definition) is 2. The Morgan fingerprint density at radius 3 is 2.50 bits per heavy atom. The van der Waals surface area contributed by atoms with E-state index in [1.54, 1.807) is 25.1 Å². The lowest BCUT2D eigenvalue weighted by molar-refractivity contribution is -0.114. The number of amides is 1. The van der Waals surface area contributed by atoms with E-state index >= 15 is 0 Å². The van der Waals surface area contributed by atoms with Gasteiger partial charge >= 0.3 is 0 Å². The maximum absolute atomic E-state index is 12.4. The molecule has 0 heterocycles. The Hall–Kier alpha value is -2.18. The lowest BCUT2D eigenvalue weighted by atomic mass is 10.1. The predicted octanol–water partition coefficient (Wildman–Crippen LogP) is 3.13. The number of carbonyl (C=O) groups is 1. The molecule has 128 valence electrons. The van der Waals surface area contributed by atoms with Gasteiger partial charge in [-0.15, -0.1) is 0 Å². The van der Waals surface area contributed by atoms with E-state index in [1.807, 2.05) is 37.3 Å². The van der Waals surface area contributed by atoms with Crippen molar-refractivity contribution in [2.75, 3.05) is 5.32 Å². The number of aryl methyl sites for hydroxylation is 1. The van der Waals surface area contributed by atoms with E-state index in [-0.39, 0.29) is 11.7 Å². The Balaban J connectivity index is 2.12. The highest BCUT2D eigenvalue weighted by atomic mass is 32.2. The van der Waals surface area contributed by atoms with E-state index in [9.17, 15) is 13.2 Å². The van der Waals surface area contributed by atoms with Crippen LogP contribution in [0.25, 0.3) is 0 Å². The third-order valence-corrected chi connectivity index (χ3v) is 5.07. The van der Waals surface area contributed by atoms with Gasteiger partial charge in [-0.25, -0.2) is 13.1 Å². The monoisotopic (exact) mass is 346 g/mol. The summed E-state index contributed by atoms with van der Waals surface area (Å²) in [5.74, 6) is -0.227. The smallest absolute Gasteiger partial charge is 0.221 e. The van der Waals surface area contributed by atoms with Gasteiger partial charge in [-0.3, -0.25) is 4.79 Å². The first-order valence-corrected chi connectivity index (χ1v) is 9.34. The van der Waals surface area contributed by atoms with E-state index in [2.05, 4.69) is 10.0 Å². The second-order valence-electron chi connectivity index (χ2n) is 5.83. The van der Waals surface area contributed by atoms with Crippen molar-refractivity contribution >= 4 is 21.6 Å². The van der Waals surface area contributed by atoms with Crippen LogP contribution in [0.1, 0.15) is 36.6 Å². The van der Waals surface area contributed by atoms with Crippen molar-refractivity contribution in [1.29, 1.82) is 0 Å². The van der Waals surface area contributed by atoms with Crippen LogP contribution in [-0.4, -0.2) is 14.3 Å². The fourth-order valence-electron chi connectivity index (χ4n) is 2.44. The van der Waals surface area contributed by atoms with E-state index in [1.165, 1.54) is 6.92 Å². The number of rotatable bonds is 6. The Kier molecular flexibility index (Phi) is 5.75. The second kappa shape index (κ2) is 7.59. The summed E-state index contributed by atoms with van der Waals surface area (Å²) in [6.07, 6.45) is 0. The summed E-state index contributed by atoms with van der Waals surface area (Å²) in [5.41, 5.74) is 3.16. The van der Waals surface area contributed by atoms with E-state index in [0.717, 1.165) is 16.7 Å². The molecule has 6 heteroatoms. The molecule has 1 amide bonds. The fraction of sp³-hybridized carbons (Fsp3) is 0.278. The van der Waals surface area contributed by atoms with Crippen LogP contribution in [0.3, 0.4) is 0 Å². The summed E-state index contributed by atoms with van der Waals surface area (Å²) in [6.45, 7) is 5.11. The molecule has 0 fully saturated rings.